The van der Waals surface area contributed by atoms with E-state index in [1.54, 1.807) is 0 Å². The van der Waals surface area contributed by atoms with Crippen LogP contribution < -0.4 is 16.0 Å². The van der Waals surface area contributed by atoms with Gasteiger partial charge in [0.15, 0.2) is 0 Å². The molecular weight excluding hydrogens is 368 g/mol. The lowest BCUT2D eigenvalue weighted by Crippen LogP contribution is -2.44. The SMILES string of the molecule is O=C(CCN1C(=O)NC2(CCCC2)C1=O)Nc1ccc(Nc2ccccc2)cc1. The van der Waals surface area contributed by atoms with Gasteiger partial charge in [-0.1, -0.05) is 31.0 Å². The van der Waals surface area contributed by atoms with Crippen LogP contribution in [0, 0.1) is 0 Å². The van der Waals surface area contributed by atoms with Gasteiger partial charge < -0.3 is 16.0 Å². The van der Waals surface area contributed by atoms with E-state index >= 15 is 0 Å². The zero-order valence-corrected chi connectivity index (χ0v) is 16.1. The molecule has 0 bridgehead atoms. The van der Waals surface area contributed by atoms with Gasteiger partial charge in [0.2, 0.25) is 5.91 Å². The molecule has 2 aliphatic rings. The summed E-state index contributed by atoms with van der Waals surface area (Å²) >= 11 is 0. The van der Waals surface area contributed by atoms with Gasteiger partial charge in [0.1, 0.15) is 5.54 Å². The van der Waals surface area contributed by atoms with Gasteiger partial charge in [-0.05, 0) is 49.2 Å². The predicted octanol–water partition coefficient (Wildman–Crippen LogP) is 3.62. The molecule has 1 saturated carbocycles. The molecule has 0 radical (unpaired) electrons. The zero-order chi connectivity index (χ0) is 20.3. The molecule has 0 unspecified atom stereocenters. The first kappa shape index (κ1) is 19.0. The van der Waals surface area contributed by atoms with Crippen molar-refractivity contribution >= 4 is 34.9 Å². The number of imide groups is 1. The lowest BCUT2D eigenvalue weighted by molar-refractivity contribution is -0.131. The number of nitrogens with one attached hydrogen (secondary N) is 3. The average molecular weight is 392 g/mol. The summed E-state index contributed by atoms with van der Waals surface area (Å²) in [4.78, 5) is 38.2. The predicted molar refractivity (Wildman–Crippen MR) is 111 cm³/mol. The Kier molecular flexibility index (Phi) is 5.20. The van der Waals surface area contributed by atoms with E-state index in [2.05, 4.69) is 16.0 Å². The highest BCUT2D eigenvalue weighted by atomic mass is 16.2. The monoisotopic (exact) mass is 392 g/mol. The maximum Gasteiger partial charge on any atom is 0.325 e. The highest BCUT2D eigenvalue weighted by molar-refractivity contribution is 6.07. The Morgan fingerprint density at radius 1 is 0.931 bits per heavy atom. The maximum absolute atomic E-state index is 12.6. The number of carbonyl (C=O) groups is 3. The third kappa shape index (κ3) is 4.08. The molecule has 1 saturated heterocycles. The smallest absolute Gasteiger partial charge is 0.325 e. The second-order valence-electron chi connectivity index (χ2n) is 7.54. The third-order valence-corrected chi connectivity index (χ3v) is 5.50. The van der Waals surface area contributed by atoms with Gasteiger partial charge in [-0.15, -0.1) is 0 Å². The Balaban J connectivity index is 1.28. The lowest BCUT2D eigenvalue weighted by atomic mass is 9.98. The molecule has 1 heterocycles. The number of nitrogens with zero attached hydrogens (tertiary/aromatic N) is 1. The Morgan fingerprint density at radius 2 is 1.55 bits per heavy atom. The summed E-state index contributed by atoms with van der Waals surface area (Å²) < 4.78 is 0. The topological polar surface area (TPSA) is 90.5 Å². The fourth-order valence-corrected chi connectivity index (χ4v) is 3.96. The molecule has 1 spiro atoms. The van der Waals surface area contributed by atoms with Crippen molar-refractivity contribution in [1.29, 1.82) is 0 Å². The molecule has 7 nitrogen and oxygen atoms in total. The summed E-state index contributed by atoms with van der Waals surface area (Å²) in [6, 6.07) is 16.8. The Bertz CT molecular complexity index is 905. The van der Waals surface area contributed by atoms with Gasteiger partial charge in [-0.25, -0.2) is 4.79 Å². The summed E-state index contributed by atoms with van der Waals surface area (Å²) in [5, 5.41) is 8.92. The Labute approximate surface area is 169 Å². The molecule has 0 aromatic heterocycles. The van der Waals surface area contributed by atoms with Crippen LogP contribution in [0.5, 0.6) is 0 Å². The summed E-state index contributed by atoms with van der Waals surface area (Å²) in [5.41, 5.74) is 1.83. The van der Waals surface area contributed by atoms with E-state index in [1.165, 1.54) is 4.90 Å². The average Bonchev–Trinajstić information content (AvgIpc) is 3.28. The van der Waals surface area contributed by atoms with Crippen molar-refractivity contribution in [3.8, 4) is 0 Å². The largest absolute Gasteiger partial charge is 0.356 e. The van der Waals surface area contributed by atoms with E-state index in [4.69, 9.17) is 0 Å². The van der Waals surface area contributed by atoms with Gasteiger partial charge in [0.05, 0.1) is 0 Å². The minimum Gasteiger partial charge on any atom is -0.356 e. The fraction of sp³-hybridized carbons (Fsp3) is 0.318. The number of anilines is 3. The third-order valence-electron chi connectivity index (χ3n) is 5.50. The van der Waals surface area contributed by atoms with E-state index in [9.17, 15) is 14.4 Å². The van der Waals surface area contributed by atoms with Crippen LogP contribution in [0.4, 0.5) is 21.9 Å². The van der Waals surface area contributed by atoms with E-state index in [-0.39, 0.29) is 30.8 Å². The van der Waals surface area contributed by atoms with Gasteiger partial charge >= 0.3 is 6.03 Å². The standard InChI is InChI=1S/C22H24N4O3/c27-19(12-15-26-20(28)22(25-21(26)29)13-4-5-14-22)24-18-10-8-17(9-11-18)23-16-6-2-1-3-7-16/h1-3,6-11,23H,4-5,12-15H2,(H,24,27)(H,25,29). The molecule has 2 fully saturated rings. The summed E-state index contributed by atoms with van der Waals surface area (Å²) in [6.45, 7) is 0.0892. The molecule has 150 valence electrons. The maximum atomic E-state index is 12.6. The van der Waals surface area contributed by atoms with Gasteiger partial charge in [-0.2, -0.15) is 0 Å². The molecule has 7 heteroatoms. The van der Waals surface area contributed by atoms with Crippen LogP contribution in [-0.4, -0.2) is 34.8 Å². The van der Waals surface area contributed by atoms with E-state index < -0.39 is 5.54 Å². The number of para-hydroxylation sites is 1. The van der Waals surface area contributed by atoms with Gasteiger partial charge in [0.25, 0.3) is 5.91 Å². The molecule has 1 aliphatic heterocycles. The van der Waals surface area contributed by atoms with Crippen LogP contribution in [0.3, 0.4) is 0 Å². The van der Waals surface area contributed by atoms with Gasteiger partial charge in [0, 0.05) is 30.0 Å². The van der Waals surface area contributed by atoms with Crippen LogP contribution in [0.15, 0.2) is 54.6 Å². The van der Waals surface area contributed by atoms with Crippen molar-refractivity contribution in [3.63, 3.8) is 0 Å². The fourth-order valence-electron chi connectivity index (χ4n) is 3.96. The molecule has 4 amide bonds. The van der Waals surface area contributed by atoms with Crippen LogP contribution in [0.2, 0.25) is 0 Å². The molecule has 2 aromatic rings. The number of carbonyl (C=O) groups excluding carboxylic acids is 3. The number of hydrogen-bond acceptors (Lipinski definition) is 4. The van der Waals surface area contributed by atoms with Crippen molar-refractivity contribution in [2.24, 2.45) is 0 Å². The van der Waals surface area contributed by atoms with Crippen LogP contribution >= 0.6 is 0 Å². The van der Waals surface area contributed by atoms with Crippen molar-refractivity contribution in [2.45, 2.75) is 37.6 Å². The van der Waals surface area contributed by atoms with Crippen LogP contribution in [0.25, 0.3) is 0 Å². The second-order valence-corrected chi connectivity index (χ2v) is 7.54. The van der Waals surface area contributed by atoms with Crippen molar-refractivity contribution in [1.82, 2.24) is 10.2 Å². The number of benzene rings is 2. The van der Waals surface area contributed by atoms with Crippen LogP contribution in [-0.2, 0) is 9.59 Å². The normalized spacial score (nSPS) is 17.4. The molecular formula is C22H24N4O3. The zero-order valence-electron chi connectivity index (χ0n) is 16.1. The molecule has 4 rings (SSSR count). The Morgan fingerprint density at radius 3 is 2.24 bits per heavy atom. The van der Waals surface area contributed by atoms with E-state index in [1.807, 2.05) is 54.6 Å². The Hall–Kier alpha value is -3.35. The quantitative estimate of drug-likeness (QED) is 0.655. The minimum atomic E-state index is -0.727. The molecule has 2 aromatic carbocycles. The first-order chi connectivity index (χ1) is 14.1. The first-order valence-electron chi connectivity index (χ1n) is 9.92. The molecule has 3 N–H and O–H groups in total. The summed E-state index contributed by atoms with van der Waals surface area (Å²) in [6.07, 6.45) is 3.32. The van der Waals surface area contributed by atoms with Crippen molar-refractivity contribution < 1.29 is 14.4 Å². The highest BCUT2D eigenvalue weighted by Crippen LogP contribution is 2.35. The summed E-state index contributed by atoms with van der Waals surface area (Å²) in [7, 11) is 0. The lowest BCUT2D eigenvalue weighted by Gasteiger charge is -2.19. The number of urea groups is 1. The minimum absolute atomic E-state index is 0.0687. The molecule has 29 heavy (non-hydrogen) atoms. The summed E-state index contributed by atoms with van der Waals surface area (Å²) in [5.74, 6) is -0.425. The number of amides is 4. The van der Waals surface area contributed by atoms with Crippen molar-refractivity contribution in [3.05, 3.63) is 54.6 Å². The molecule has 1 aliphatic carbocycles. The first-order valence-corrected chi connectivity index (χ1v) is 9.92. The van der Waals surface area contributed by atoms with Crippen LogP contribution in [0.1, 0.15) is 32.1 Å². The van der Waals surface area contributed by atoms with Gasteiger partial charge in [-0.3, -0.25) is 14.5 Å². The highest BCUT2D eigenvalue weighted by Gasteiger charge is 2.52. The molecule has 0 atom stereocenters. The van der Waals surface area contributed by atoms with E-state index in [0.717, 1.165) is 24.2 Å². The second kappa shape index (κ2) is 7.95. The van der Waals surface area contributed by atoms with Crippen molar-refractivity contribution in [2.75, 3.05) is 17.2 Å². The number of hydrogen-bond donors (Lipinski definition) is 3. The number of rotatable bonds is 6. The van der Waals surface area contributed by atoms with E-state index in [0.29, 0.717) is 18.5 Å².